The maximum atomic E-state index is 6.93. The number of fused-ring (bicyclic) bond motifs is 14. The number of nitrogens with one attached hydrogen (secondary N) is 2. The number of para-hydroxylation sites is 4. The van der Waals surface area contributed by atoms with E-state index >= 15 is 0 Å². The number of rotatable bonds is 10. The van der Waals surface area contributed by atoms with Crippen molar-refractivity contribution in [1.82, 2.24) is 28.2 Å². The van der Waals surface area contributed by atoms with Crippen molar-refractivity contribution in [2.45, 2.75) is 0 Å². The lowest BCUT2D eigenvalue weighted by molar-refractivity contribution is 0.448. The third-order valence-electron chi connectivity index (χ3n) is 18.6. The van der Waals surface area contributed by atoms with Crippen molar-refractivity contribution in [1.29, 1.82) is 0 Å². The van der Waals surface area contributed by atoms with Crippen molar-refractivity contribution in [2.75, 3.05) is 10.6 Å². The SMILES string of the molecule is Cn1cc(Oc2cn(C)c(-n3c4c(c5ccccc53)-c3ccccc3-c3cccc(-c5c(-c6ccccc6)cccc5-c5ccccc5)c3N4)n2)nc1-n1c2c(c3ccccc31)-c1ccccc1-c1cccc(-c3c(-c4ccccc4)cccc3-c3ccccc3)c1N2. The number of hydrogen-bond acceptors (Lipinski definition) is 5. The first kappa shape index (κ1) is 53.6. The van der Waals surface area contributed by atoms with E-state index in [9.17, 15) is 0 Å². The Bertz CT molecular complexity index is 5160. The highest BCUT2D eigenvalue weighted by molar-refractivity contribution is 6.16. The van der Waals surface area contributed by atoms with Crippen molar-refractivity contribution < 1.29 is 4.74 Å². The van der Waals surface area contributed by atoms with E-state index in [0.29, 0.717) is 23.7 Å². The Morgan fingerprint density at radius 1 is 0.269 bits per heavy atom. The van der Waals surface area contributed by atoms with Crippen LogP contribution in [0.4, 0.5) is 23.0 Å². The molecule has 0 radical (unpaired) electrons. The fourth-order valence-corrected chi connectivity index (χ4v) is 14.6. The standard InChI is InChI=1S/C84H58N8O/c1-89-51-73(85-83(89)91-71-49-21-19-39-67(71)77-63-37-17-15-35-61(63)65-45-25-47-69(79(65)87-81(77)91)75-57(53-27-7-3-8-28-53)41-23-42-58(75)54-29-9-4-10-30-54)93-74-52-90(2)84(86-74)92-72-50-22-20-40-68(72)78-64-38-18-16-36-62(64)66-46-26-48-70(80(66)88-82(78)92)76-59(55-31-11-5-12-32-55)43-24-44-60(76)56-33-13-6-14-34-56/h3-52,87-88H,1-2H3. The molecule has 9 nitrogen and oxygen atoms in total. The summed E-state index contributed by atoms with van der Waals surface area (Å²) in [5.74, 6) is 3.93. The van der Waals surface area contributed by atoms with Crippen molar-refractivity contribution >= 4 is 44.8 Å². The van der Waals surface area contributed by atoms with Gasteiger partial charge in [0.1, 0.15) is 11.6 Å². The number of hydrogen-bond donors (Lipinski definition) is 2. The topological polar surface area (TPSA) is 78.8 Å². The number of anilines is 4. The van der Waals surface area contributed by atoms with Gasteiger partial charge >= 0.3 is 0 Å². The van der Waals surface area contributed by atoms with Crippen LogP contribution in [0.15, 0.2) is 304 Å². The summed E-state index contributed by atoms with van der Waals surface area (Å²) in [6.07, 6.45) is 3.89. The molecular weight excluding hydrogens is 1140 g/mol. The first-order valence-electron chi connectivity index (χ1n) is 31.5. The molecule has 18 rings (SSSR count). The van der Waals surface area contributed by atoms with Crippen LogP contribution in [0.5, 0.6) is 11.8 Å². The molecule has 9 heteroatoms. The van der Waals surface area contributed by atoms with Gasteiger partial charge in [0.05, 0.1) is 34.8 Å². The van der Waals surface area contributed by atoms with Crippen molar-refractivity contribution in [2.24, 2.45) is 14.1 Å². The van der Waals surface area contributed by atoms with Gasteiger partial charge in [-0.25, -0.2) is 0 Å². The van der Waals surface area contributed by atoms with Gasteiger partial charge in [-0.3, -0.25) is 9.13 Å². The van der Waals surface area contributed by atoms with E-state index in [1.165, 1.54) is 0 Å². The van der Waals surface area contributed by atoms with Crippen LogP contribution in [-0.2, 0) is 14.1 Å². The predicted molar refractivity (Wildman–Crippen MR) is 381 cm³/mol. The molecule has 2 aliphatic rings. The van der Waals surface area contributed by atoms with Gasteiger partial charge in [0.2, 0.25) is 23.7 Å². The number of benzene rings is 12. The minimum Gasteiger partial charge on any atom is -0.417 e. The summed E-state index contributed by atoms with van der Waals surface area (Å²) < 4.78 is 15.5. The summed E-state index contributed by atoms with van der Waals surface area (Å²) in [7, 11) is 4.06. The van der Waals surface area contributed by atoms with Gasteiger partial charge in [-0.1, -0.05) is 279 Å². The van der Waals surface area contributed by atoms with E-state index in [0.717, 1.165) is 156 Å². The van der Waals surface area contributed by atoms with Gasteiger partial charge in [0.15, 0.2) is 0 Å². The summed E-state index contributed by atoms with van der Waals surface area (Å²) in [5.41, 5.74) is 26.5. The second-order valence-corrected chi connectivity index (χ2v) is 24.0. The van der Waals surface area contributed by atoms with Crippen molar-refractivity contribution in [3.05, 3.63) is 304 Å². The minimum atomic E-state index is 0.399. The number of ether oxygens (including phenoxy) is 1. The molecule has 16 aromatic rings. The molecule has 0 amide bonds. The Hall–Kier alpha value is -12.5. The largest absolute Gasteiger partial charge is 0.417 e. The average molecular weight is 1200 g/mol. The second-order valence-electron chi connectivity index (χ2n) is 24.0. The van der Waals surface area contributed by atoms with E-state index in [-0.39, 0.29) is 0 Å². The molecule has 0 spiro atoms. The van der Waals surface area contributed by atoms with E-state index in [1.807, 2.05) is 35.6 Å². The molecule has 0 unspecified atom stereocenters. The maximum Gasteiger partial charge on any atom is 0.241 e. The monoisotopic (exact) mass is 1190 g/mol. The van der Waals surface area contributed by atoms with Gasteiger partial charge in [-0.15, -0.1) is 0 Å². The molecule has 12 aromatic carbocycles. The molecule has 0 saturated heterocycles. The summed E-state index contributed by atoms with van der Waals surface area (Å²) in [6, 6.07) is 105. The number of aromatic nitrogens is 6. The van der Waals surface area contributed by atoms with Crippen LogP contribution >= 0.6 is 0 Å². The zero-order valence-electron chi connectivity index (χ0n) is 51.0. The Balaban J connectivity index is 0.775. The molecule has 4 aromatic heterocycles. The van der Waals surface area contributed by atoms with E-state index in [1.54, 1.807) is 0 Å². The van der Waals surface area contributed by atoms with Crippen LogP contribution in [0.2, 0.25) is 0 Å². The highest BCUT2D eigenvalue weighted by atomic mass is 16.5. The molecule has 0 aliphatic carbocycles. The molecule has 2 N–H and O–H groups in total. The Labute approximate surface area is 538 Å². The molecule has 93 heavy (non-hydrogen) atoms. The van der Waals surface area contributed by atoms with E-state index in [4.69, 9.17) is 14.7 Å². The van der Waals surface area contributed by atoms with E-state index in [2.05, 4.69) is 311 Å². The van der Waals surface area contributed by atoms with Gasteiger partial charge in [-0.05, 0) is 90.0 Å². The normalized spacial score (nSPS) is 11.9. The van der Waals surface area contributed by atoms with Gasteiger partial charge < -0.3 is 24.5 Å². The zero-order chi connectivity index (χ0) is 61.7. The predicted octanol–water partition coefficient (Wildman–Crippen LogP) is 21.6. The molecule has 0 bridgehead atoms. The first-order valence-corrected chi connectivity index (χ1v) is 31.5. The average Bonchev–Trinajstić information content (AvgIpc) is 1.59. The van der Waals surface area contributed by atoms with E-state index < -0.39 is 0 Å². The summed E-state index contributed by atoms with van der Waals surface area (Å²) in [4.78, 5) is 10.8. The van der Waals surface area contributed by atoms with Crippen LogP contribution in [0.25, 0.3) is 145 Å². The lowest BCUT2D eigenvalue weighted by atomic mass is 9.85. The molecule has 0 saturated carbocycles. The molecule has 440 valence electrons. The minimum absolute atomic E-state index is 0.399. The lowest BCUT2D eigenvalue weighted by Gasteiger charge is -2.22. The summed E-state index contributed by atoms with van der Waals surface area (Å²) in [6.45, 7) is 0. The van der Waals surface area contributed by atoms with Crippen LogP contribution in [0, 0.1) is 0 Å². The number of aryl methyl sites for hydroxylation is 2. The lowest BCUT2D eigenvalue weighted by Crippen LogP contribution is -2.07. The van der Waals surface area contributed by atoms with Gasteiger partial charge in [0.25, 0.3) is 0 Å². The molecule has 2 aliphatic heterocycles. The molecule has 0 fully saturated rings. The highest BCUT2D eigenvalue weighted by Gasteiger charge is 2.33. The number of imidazole rings is 2. The molecular formula is C84H58N8O. The highest BCUT2D eigenvalue weighted by Crippen LogP contribution is 2.56. The van der Waals surface area contributed by atoms with Crippen molar-refractivity contribution in [3.63, 3.8) is 0 Å². The third-order valence-corrected chi connectivity index (χ3v) is 18.6. The van der Waals surface area contributed by atoms with Crippen LogP contribution in [0.1, 0.15) is 0 Å². The Morgan fingerprint density at radius 2 is 0.559 bits per heavy atom. The maximum absolute atomic E-state index is 6.93. The smallest absolute Gasteiger partial charge is 0.241 e. The van der Waals surface area contributed by atoms with Crippen LogP contribution < -0.4 is 15.4 Å². The van der Waals surface area contributed by atoms with Gasteiger partial charge in [-0.2, -0.15) is 9.97 Å². The summed E-state index contributed by atoms with van der Waals surface area (Å²) in [5, 5.41) is 10.5. The molecule has 6 heterocycles. The fraction of sp³-hybridized carbons (Fsp3) is 0.0238. The second kappa shape index (κ2) is 21.7. The van der Waals surface area contributed by atoms with Crippen LogP contribution in [0.3, 0.4) is 0 Å². The van der Waals surface area contributed by atoms with Crippen molar-refractivity contribution in [3.8, 4) is 135 Å². The zero-order valence-corrected chi connectivity index (χ0v) is 51.0. The van der Waals surface area contributed by atoms with Gasteiger partial charge in [0, 0.05) is 58.2 Å². The molecule has 0 atom stereocenters. The van der Waals surface area contributed by atoms with Crippen LogP contribution in [-0.4, -0.2) is 28.2 Å². The Kier molecular flexibility index (Phi) is 12.5. The quantitative estimate of drug-likeness (QED) is 0.143. The summed E-state index contributed by atoms with van der Waals surface area (Å²) >= 11 is 0. The number of nitrogens with zero attached hydrogens (tertiary/aromatic N) is 6. The fourth-order valence-electron chi connectivity index (χ4n) is 14.6. The third kappa shape index (κ3) is 8.62. The Morgan fingerprint density at radius 3 is 0.925 bits per heavy atom. The first-order chi connectivity index (χ1) is 46.0.